The second-order valence-electron chi connectivity index (χ2n) is 6.45. The first kappa shape index (κ1) is 16.1. The highest BCUT2D eigenvalue weighted by Crippen LogP contribution is 2.29. The summed E-state index contributed by atoms with van der Waals surface area (Å²) in [6, 6.07) is 8.22. The Morgan fingerprint density at radius 2 is 2.22 bits per heavy atom. The minimum atomic E-state index is 0.0203. The van der Waals surface area contributed by atoms with Gasteiger partial charge in [-0.2, -0.15) is 0 Å². The summed E-state index contributed by atoms with van der Waals surface area (Å²) in [7, 11) is 0. The maximum Gasteiger partial charge on any atom is 0.225 e. The molecule has 122 valence electrons. The molecule has 1 aliphatic carbocycles. The lowest BCUT2D eigenvalue weighted by Gasteiger charge is -2.24. The van der Waals surface area contributed by atoms with Crippen LogP contribution in [0.3, 0.4) is 0 Å². The molecule has 0 unspecified atom stereocenters. The summed E-state index contributed by atoms with van der Waals surface area (Å²) in [5, 5.41) is 0.735. The van der Waals surface area contributed by atoms with Gasteiger partial charge in [0.25, 0.3) is 0 Å². The van der Waals surface area contributed by atoms with Gasteiger partial charge in [-0.15, -0.1) is 0 Å². The molecule has 0 radical (unpaired) electrons. The number of carbonyl (C=O) groups is 1. The minimum Gasteiger partial charge on any atom is -0.332 e. The number of hydrogen-bond acceptors (Lipinski definition) is 2. The number of benzene rings is 1. The monoisotopic (exact) mass is 331 g/mol. The molecule has 1 heterocycles. The Hall–Kier alpha value is -1.81. The van der Waals surface area contributed by atoms with E-state index in [1.165, 1.54) is 0 Å². The zero-order valence-corrected chi connectivity index (χ0v) is 14.3. The summed E-state index contributed by atoms with van der Waals surface area (Å²) < 4.78 is 2.09. The van der Waals surface area contributed by atoms with E-state index >= 15 is 0 Å². The lowest BCUT2D eigenvalue weighted by molar-refractivity contribution is -0.135. The first-order chi connectivity index (χ1) is 11.0. The van der Waals surface area contributed by atoms with Crippen LogP contribution in [0.1, 0.15) is 38.1 Å². The van der Waals surface area contributed by atoms with Gasteiger partial charge in [0.15, 0.2) is 0 Å². The van der Waals surface area contributed by atoms with Crippen molar-refractivity contribution in [1.29, 1.82) is 0 Å². The molecule has 0 aliphatic heterocycles. The molecule has 1 fully saturated rings. The van der Waals surface area contributed by atoms with Crippen LogP contribution >= 0.6 is 11.6 Å². The van der Waals surface area contributed by atoms with Crippen LogP contribution < -0.4 is 0 Å². The zero-order valence-electron chi connectivity index (χ0n) is 13.6. The third-order valence-corrected chi connectivity index (χ3v) is 4.36. The second kappa shape index (κ2) is 6.75. The summed E-state index contributed by atoms with van der Waals surface area (Å²) in [5.74, 6) is 1.16. The van der Waals surface area contributed by atoms with Crippen LogP contribution in [0.15, 0.2) is 36.7 Å². The predicted octanol–water partition coefficient (Wildman–Crippen LogP) is 3.73. The number of imidazole rings is 1. The molecule has 1 aromatic heterocycles. The van der Waals surface area contributed by atoms with Gasteiger partial charge in [-0.25, -0.2) is 4.98 Å². The number of aromatic nitrogens is 2. The Morgan fingerprint density at radius 3 is 2.87 bits per heavy atom. The molecule has 23 heavy (non-hydrogen) atoms. The predicted molar refractivity (Wildman–Crippen MR) is 91.2 cm³/mol. The fourth-order valence-electron chi connectivity index (χ4n) is 2.72. The van der Waals surface area contributed by atoms with E-state index in [0.717, 1.165) is 29.3 Å². The van der Waals surface area contributed by atoms with Crippen molar-refractivity contribution in [3.05, 3.63) is 53.1 Å². The molecule has 1 saturated carbocycles. The van der Waals surface area contributed by atoms with Crippen LogP contribution in [0, 0.1) is 5.92 Å². The zero-order chi connectivity index (χ0) is 16.4. The van der Waals surface area contributed by atoms with Gasteiger partial charge < -0.3 is 9.47 Å². The first-order valence-corrected chi connectivity index (χ1v) is 8.47. The molecule has 0 N–H and O–H groups in total. The fourth-order valence-corrected chi connectivity index (χ4v) is 2.94. The lowest BCUT2D eigenvalue weighted by Crippen LogP contribution is -2.36. The summed E-state index contributed by atoms with van der Waals surface area (Å²) in [5.41, 5.74) is 1.13. The number of halogens is 1. The Morgan fingerprint density at radius 1 is 1.43 bits per heavy atom. The largest absolute Gasteiger partial charge is 0.332 e. The SMILES string of the molecule is CC(C)C(=O)N(Cc1nccn1Cc1cccc(Cl)c1)C1CC1. The van der Waals surface area contributed by atoms with E-state index < -0.39 is 0 Å². The number of carbonyl (C=O) groups excluding carboxylic acids is 1. The van der Waals surface area contributed by atoms with Crippen molar-refractivity contribution < 1.29 is 4.79 Å². The van der Waals surface area contributed by atoms with Crippen LogP contribution in [-0.4, -0.2) is 26.4 Å². The van der Waals surface area contributed by atoms with Crippen molar-refractivity contribution in [1.82, 2.24) is 14.5 Å². The third kappa shape index (κ3) is 3.94. The molecule has 2 aromatic rings. The van der Waals surface area contributed by atoms with E-state index in [4.69, 9.17) is 11.6 Å². The van der Waals surface area contributed by atoms with Crippen LogP contribution in [0.2, 0.25) is 5.02 Å². The van der Waals surface area contributed by atoms with Gasteiger partial charge in [0.2, 0.25) is 5.91 Å². The lowest BCUT2D eigenvalue weighted by atomic mass is 10.2. The molecule has 1 aliphatic rings. The highest BCUT2D eigenvalue weighted by molar-refractivity contribution is 6.30. The van der Waals surface area contributed by atoms with Crippen molar-refractivity contribution in [3.8, 4) is 0 Å². The highest BCUT2D eigenvalue weighted by Gasteiger charge is 2.34. The average Bonchev–Trinajstić information content (AvgIpc) is 3.26. The van der Waals surface area contributed by atoms with E-state index in [2.05, 4.69) is 9.55 Å². The Balaban J connectivity index is 1.76. The van der Waals surface area contributed by atoms with Gasteiger partial charge in [-0.05, 0) is 30.5 Å². The van der Waals surface area contributed by atoms with Crippen molar-refractivity contribution in [3.63, 3.8) is 0 Å². The van der Waals surface area contributed by atoms with Crippen molar-refractivity contribution >= 4 is 17.5 Å². The summed E-state index contributed by atoms with van der Waals surface area (Å²) in [4.78, 5) is 18.9. The molecule has 1 amide bonds. The fraction of sp³-hybridized carbons (Fsp3) is 0.444. The molecule has 1 aromatic carbocycles. The topological polar surface area (TPSA) is 38.1 Å². The van der Waals surface area contributed by atoms with Crippen LogP contribution in [0.4, 0.5) is 0 Å². The number of amides is 1. The molecule has 3 rings (SSSR count). The molecule has 0 atom stereocenters. The highest BCUT2D eigenvalue weighted by atomic mass is 35.5. The van der Waals surface area contributed by atoms with Crippen molar-refractivity contribution in [2.24, 2.45) is 5.92 Å². The molecule has 0 bridgehead atoms. The van der Waals surface area contributed by atoms with E-state index in [1.54, 1.807) is 6.20 Å². The van der Waals surface area contributed by atoms with Gasteiger partial charge in [-0.1, -0.05) is 37.6 Å². The average molecular weight is 332 g/mol. The number of nitrogens with zero attached hydrogens (tertiary/aromatic N) is 3. The maximum absolute atomic E-state index is 12.4. The summed E-state index contributed by atoms with van der Waals surface area (Å²) in [6.07, 6.45) is 5.97. The quantitative estimate of drug-likeness (QED) is 0.809. The van der Waals surface area contributed by atoms with Crippen molar-refractivity contribution in [2.45, 2.75) is 45.8 Å². The van der Waals surface area contributed by atoms with E-state index in [0.29, 0.717) is 19.1 Å². The second-order valence-corrected chi connectivity index (χ2v) is 6.89. The smallest absolute Gasteiger partial charge is 0.225 e. The van der Waals surface area contributed by atoms with E-state index in [9.17, 15) is 4.79 Å². The molecule has 0 saturated heterocycles. The van der Waals surface area contributed by atoms with Gasteiger partial charge in [-0.3, -0.25) is 4.79 Å². The van der Waals surface area contributed by atoms with E-state index in [-0.39, 0.29) is 11.8 Å². The van der Waals surface area contributed by atoms with Gasteiger partial charge in [0, 0.05) is 35.9 Å². The van der Waals surface area contributed by atoms with Crippen molar-refractivity contribution in [2.75, 3.05) is 0 Å². The normalized spacial score (nSPS) is 14.3. The van der Waals surface area contributed by atoms with Crippen LogP contribution in [0.5, 0.6) is 0 Å². The summed E-state index contributed by atoms with van der Waals surface area (Å²) in [6.45, 7) is 5.20. The molecule has 5 heteroatoms. The van der Waals surface area contributed by atoms with Gasteiger partial charge >= 0.3 is 0 Å². The molecule has 0 spiro atoms. The Labute approximate surface area is 142 Å². The van der Waals surface area contributed by atoms with E-state index in [1.807, 2.05) is 49.2 Å². The van der Waals surface area contributed by atoms with Gasteiger partial charge in [0.05, 0.1) is 6.54 Å². The maximum atomic E-state index is 12.4. The number of hydrogen-bond donors (Lipinski definition) is 0. The minimum absolute atomic E-state index is 0.0203. The molecule has 4 nitrogen and oxygen atoms in total. The standard InChI is InChI=1S/C18H22ClN3O/c1-13(2)18(23)22(16-6-7-16)12-17-20-8-9-21(17)11-14-4-3-5-15(19)10-14/h3-5,8-10,13,16H,6-7,11-12H2,1-2H3. The first-order valence-electron chi connectivity index (χ1n) is 8.09. The molecular weight excluding hydrogens is 310 g/mol. The molecular formula is C18H22ClN3O. The van der Waals surface area contributed by atoms with Gasteiger partial charge in [0.1, 0.15) is 5.82 Å². The summed E-state index contributed by atoms with van der Waals surface area (Å²) >= 11 is 6.06. The van der Waals surface area contributed by atoms with Crippen LogP contribution in [-0.2, 0) is 17.9 Å². The Bertz CT molecular complexity index is 691. The third-order valence-electron chi connectivity index (χ3n) is 4.12. The van der Waals surface area contributed by atoms with Crippen LogP contribution in [0.25, 0.3) is 0 Å². The Kier molecular flexibility index (Phi) is 4.71. The number of rotatable bonds is 6.